The molecule has 3 nitrogen and oxygen atoms in total. The fourth-order valence-electron chi connectivity index (χ4n) is 4.12. The number of rotatable bonds is 3. The fourth-order valence-corrected chi connectivity index (χ4v) is 4.12. The number of hydrogen-bond acceptors (Lipinski definition) is 3. The second-order valence-electron chi connectivity index (χ2n) is 6.23. The molecule has 3 rings (SSSR count). The molecular weight excluding hydrogens is 269 g/mol. The number of piperidine rings is 1. The number of ether oxygens (including phenoxy) is 1. The highest BCUT2D eigenvalue weighted by atomic mass is 19.1. The molecule has 0 aromatic heterocycles. The zero-order valence-corrected chi connectivity index (χ0v) is 12.6. The van der Waals surface area contributed by atoms with E-state index in [0.29, 0.717) is 11.6 Å². The van der Waals surface area contributed by atoms with E-state index in [4.69, 9.17) is 4.74 Å². The van der Waals surface area contributed by atoms with Crippen molar-refractivity contribution in [3.63, 3.8) is 0 Å². The third-order valence-corrected chi connectivity index (χ3v) is 5.30. The van der Waals surface area contributed by atoms with Gasteiger partial charge in [0.25, 0.3) is 0 Å². The van der Waals surface area contributed by atoms with E-state index in [1.165, 1.54) is 7.11 Å². The average Bonchev–Trinajstić information content (AvgIpc) is 2.76. The van der Waals surface area contributed by atoms with Gasteiger partial charge in [0.2, 0.25) is 0 Å². The molecule has 0 radical (unpaired) electrons. The number of halogens is 1. The molecule has 2 aliphatic heterocycles. The van der Waals surface area contributed by atoms with Crippen LogP contribution in [0.2, 0.25) is 0 Å². The summed E-state index contributed by atoms with van der Waals surface area (Å²) in [5.74, 6) is -0.0541. The number of benzene rings is 1. The van der Waals surface area contributed by atoms with Gasteiger partial charge in [-0.3, -0.25) is 9.69 Å². The Morgan fingerprint density at radius 3 is 2.67 bits per heavy atom. The Morgan fingerprint density at radius 1 is 1.33 bits per heavy atom. The third kappa shape index (κ3) is 2.46. The summed E-state index contributed by atoms with van der Waals surface area (Å²) in [5.41, 5.74) is 1.82. The second-order valence-corrected chi connectivity index (χ2v) is 6.23. The lowest BCUT2D eigenvalue weighted by molar-refractivity contribution is -0.150. The summed E-state index contributed by atoms with van der Waals surface area (Å²) >= 11 is 0. The summed E-state index contributed by atoms with van der Waals surface area (Å²) in [4.78, 5) is 14.6. The van der Waals surface area contributed by atoms with Crippen molar-refractivity contribution in [3.05, 3.63) is 35.4 Å². The van der Waals surface area contributed by atoms with Crippen LogP contribution in [0.3, 0.4) is 0 Å². The SMILES string of the molecule is COC(=O)C1C(c2ccc(CF)cc2)CC2CCC1N2C. The van der Waals surface area contributed by atoms with E-state index in [1.807, 2.05) is 24.3 Å². The van der Waals surface area contributed by atoms with Crippen molar-refractivity contribution in [2.75, 3.05) is 14.2 Å². The van der Waals surface area contributed by atoms with Crippen LogP contribution in [0.5, 0.6) is 0 Å². The quantitative estimate of drug-likeness (QED) is 0.802. The molecule has 1 aromatic rings. The first-order valence-corrected chi connectivity index (χ1v) is 7.60. The molecule has 2 saturated heterocycles. The van der Waals surface area contributed by atoms with Crippen LogP contribution >= 0.6 is 0 Å². The smallest absolute Gasteiger partial charge is 0.310 e. The van der Waals surface area contributed by atoms with Crippen molar-refractivity contribution in [1.82, 2.24) is 4.90 Å². The highest BCUT2D eigenvalue weighted by Gasteiger charge is 2.49. The van der Waals surface area contributed by atoms with Gasteiger partial charge in [-0.15, -0.1) is 0 Å². The van der Waals surface area contributed by atoms with E-state index in [0.717, 1.165) is 24.8 Å². The second kappa shape index (κ2) is 5.76. The van der Waals surface area contributed by atoms with E-state index in [1.54, 1.807) is 0 Å². The largest absolute Gasteiger partial charge is 0.469 e. The number of esters is 1. The van der Waals surface area contributed by atoms with Crippen molar-refractivity contribution in [1.29, 1.82) is 0 Å². The molecule has 114 valence electrons. The maximum atomic E-state index is 12.7. The normalized spacial score (nSPS) is 32.1. The lowest BCUT2D eigenvalue weighted by Crippen LogP contribution is -2.49. The maximum absolute atomic E-state index is 12.7. The van der Waals surface area contributed by atoms with Crippen molar-refractivity contribution >= 4 is 5.97 Å². The van der Waals surface area contributed by atoms with Crippen LogP contribution in [0, 0.1) is 5.92 Å². The zero-order chi connectivity index (χ0) is 15.0. The number of methoxy groups -OCH3 is 1. The van der Waals surface area contributed by atoms with Gasteiger partial charge in [0.15, 0.2) is 0 Å². The highest BCUT2D eigenvalue weighted by Crippen LogP contribution is 2.46. The Hall–Kier alpha value is -1.42. The molecule has 0 spiro atoms. The summed E-state index contributed by atoms with van der Waals surface area (Å²) in [7, 11) is 3.58. The molecule has 4 atom stereocenters. The first-order valence-electron chi connectivity index (χ1n) is 7.60. The van der Waals surface area contributed by atoms with Crippen LogP contribution in [-0.4, -0.2) is 37.1 Å². The number of fused-ring (bicyclic) bond motifs is 2. The molecule has 0 amide bonds. The average molecular weight is 291 g/mol. The first-order chi connectivity index (χ1) is 10.2. The number of alkyl halides is 1. The van der Waals surface area contributed by atoms with Gasteiger partial charge in [0.1, 0.15) is 6.67 Å². The summed E-state index contributed by atoms with van der Waals surface area (Å²) < 4.78 is 17.7. The van der Waals surface area contributed by atoms with Crippen LogP contribution in [0.4, 0.5) is 4.39 Å². The van der Waals surface area contributed by atoms with E-state index < -0.39 is 6.67 Å². The summed E-state index contributed by atoms with van der Waals surface area (Å²) in [6.45, 7) is -0.445. The van der Waals surface area contributed by atoms with Gasteiger partial charge in [-0.2, -0.15) is 0 Å². The van der Waals surface area contributed by atoms with Gasteiger partial charge in [0.05, 0.1) is 13.0 Å². The first kappa shape index (κ1) is 14.5. The zero-order valence-electron chi connectivity index (χ0n) is 12.6. The number of carbonyl (C=O) groups excluding carboxylic acids is 1. The molecule has 2 fully saturated rings. The van der Waals surface area contributed by atoms with Crippen molar-refractivity contribution in [3.8, 4) is 0 Å². The van der Waals surface area contributed by atoms with E-state index in [-0.39, 0.29) is 23.8 Å². The van der Waals surface area contributed by atoms with E-state index >= 15 is 0 Å². The maximum Gasteiger partial charge on any atom is 0.310 e. The predicted molar refractivity (Wildman–Crippen MR) is 78.7 cm³/mol. The minimum atomic E-state index is -0.445. The van der Waals surface area contributed by atoms with E-state index in [2.05, 4.69) is 11.9 Å². The Morgan fingerprint density at radius 2 is 2.05 bits per heavy atom. The molecular formula is C17H22FNO2. The summed E-state index contributed by atoms with van der Waals surface area (Å²) in [6.07, 6.45) is 3.18. The monoisotopic (exact) mass is 291 g/mol. The standard InChI is InChI=1S/C17H22FNO2/c1-19-13-7-8-15(19)16(17(20)21-2)14(9-13)12-5-3-11(10-18)4-6-12/h3-6,13-16H,7-10H2,1-2H3. The predicted octanol–water partition coefficient (Wildman–Crippen LogP) is 2.90. The minimum absolute atomic E-state index is 0.116. The molecule has 0 aliphatic carbocycles. The van der Waals surface area contributed by atoms with Gasteiger partial charge < -0.3 is 4.74 Å². The van der Waals surface area contributed by atoms with Crippen LogP contribution in [0.25, 0.3) is 0 Å². The van der Waals surface area contributed by atoms with Crippen molar-refractivity contribution < 1.29 is 13.9 Å². The van der Waals surface area contributed by atoms with Crippen molar-refractivity contribution in [2.45, 2.75) is 43.9 Å². The molecule has 4 unspecified atom stereocenters. The molecule has 2 bridgehead atoms. The Labute approximate surface area is 125 Å². The number of carbonyl (C=O) groups is 1. The highest BCUT2D eigenvalue weighted by molar-refractivity contribution is 5.75. The molecule has 0 N–H and O–H groups in total. The topological polar surface area (TPSA) is 29.5 Å². The molecule has 21 heavy (non-hydrogen) atoms. The lowest BCUT2D eigenvalue weighted by atomic mass is 9.76. The Bertz CT molecular complexity index is 516. The van der Waals surface area contributed by atoms with Crippen LogP contribution in [0.1, 0.15) is 36.3 Å². The Kier molecular flexibility index (Phi) is 3.98. The molecule has 2 aliphatic rings. The summed E-state index contributed by atoms with van der Waals surface area (Å²) in [5, 5.41) is 0. The van der Waals surface area contributed by atoms with Gasteiger partial charge in [-0.05, 0) is 37.4 Å². The van der Waals surface area contributed by atoms with Crippen LogP contribution in [0.15, 0.2) is 24.3 Å². The van der Waals surface area contributed by atoms with E-state index in [9.17, 15) is 9.18 Å². The number of hydrogen-bond donors (Lipinski definition) is 0. The van der Waals surface area contributed by atoms with Gasteiger partial charge in [0, 0.05) is 18.0 Å². The lowest BCUT2D eigenvalue weighted by Gasteiger charge is -2.41. The fraction of sp³-hybridized carbons (Fsp3) is 0.588. The molecule has 0 saturated carbocycles. The third-order valence-electron chi connectivity index (χ3n) is 5.30. The van der Waals surface area contributed by atoms with Gasteiger partial charge in [-0.25, -0.2) is 4.39 Å². The van der Waals surface area contributed by atoms with Gasteiger partial charge >= 0.3 is 5.97 Å². The molecule has 4 heteroatoms. The van der Waals surface area contributed by atoms with Crippen LogP contribution < -0.4 is 0 Å². The molecule has 2 heterocycles. The van der Waals surface area contributed by atoms with Crippen molar-refractivity contribution in [2.24, 2.45) is 5.92 Å². The summed E-state index contributed by atoms with van der Waals surface area (Å²) in [6, 6.07) is 8.40. The van der Waals surface area contributed by atoms with Crippen LogP contribution in [-0.2, 0) is 16.2 Å². The minimum Gasteiger partial charge on any atom is -0.469 e. The Balaban J connectivity index is 1.92. The number of nitrogens with zero attached hydrogens (tertiary/aromatic N) is 1. The molecule has 1 aromatic carbocycles. The van der Waals surface area contributed by atoms with Gasteiger partial charge in [-0.1, -0.05) is 24.3 Å².